The Morgan fingerprint density at radius 3 is 2.20 bits per heavy atom. The quantitative estimate of drug-likeness (QED) is 0.769. The highest BCUT2D eigenvalue weighted by atomic mass is 16.2. The van der Waals surface area contributed by atoms with Crippen LogP contribution in [-0.2, 0) is 4.79 Å². The second-order valence-corrected chi connectivity index (χ2v) is 8.52. The van der Waals surface area contributed by atoms with Gasteiger partial charge in [0.05, 0.1) is 11.3 Å². The van der Waals surface area contributed by atoms with Crippen molar-refractivity contribution in [1.82, 2.24) is 10.2 Å². The number of rotatable bonds is 6. The van der Waals surface area contributed by atoms with Crippen LogP contribution in [0.25, 0.3) is 0 Å². The molecule has 0 bridgehead atoms. The van der Waals surface area contributed by atoms with Gasteiger partial charge in [0.15, 0.2) is 0 Å². The Hall–Kier alpha value is -2.82. The van der Waals surface area contributed by atoms with Crippen LogP contribution in [0.1, 0.15) is 44.0 Å². The van der Waals surface area contributed by atoms with Gasteiger partial charge in [0.2, 0.25) is 5.91 Å². The van der Waals surface area contributed by atoms with E-state index in [1.54, 1.807) is 0 Å². The first-order valence-electron chi connectivity index (χ1n) is 10.9. The molecule has 160 valence electrons. The number of nitrogens with one attached hydrogen (secondary N) is 1. The maximum absolute atomic E-state index is 13.3. The number of benzene rings is 2. The minimum absolute atomic E-state index is 0.0162. The van der Waals surface area contributed by atoms with Crippen LogP contribution >= 0.6 is 0 Å². The van der Waals surface area contributed by atoms with Crippen LogP contribution in [-0.4, -0.2) is 42.9 Å². The first-order valence-corrected chi connectivity index (χ1v) is 10.9. The summed E-state index contributed by atoms with van der Waals surface area (Å²) < 4.78 is 0. The van der Waals surface area contributed by atoms with Gasteiger partial charge in [-0.2, -0.15) is 0 Å². The summed E-state index contributed by atoms with van der Waals surface area (Å²) in [6.07, 6.45) is 1.41. The smallest absolute Gasteiger partial charge is 0.255 e. The van der Waals surface area contributed by atoms with Crippen LogP contribution in [0.4, 0.5) is 11.4 Å². The molecule has 0 spiro atoms. The highest BCUT2D eigenvalue weighted by molar-refractivity contribution is 6.00. The van der Waals surface area contributed by atoms with E-state index in [1.165, 1.54) is 0 Å². The molecule has 1 atom stereocenters. The van der Waals surface area contributed by atoms with Crippen molar-refractivity contribution in [2.75, 3.05) is 25.0 Å². The summed E-state index contributed by atoms with van der Waals surface area (Å²) >= 11 is 0. The lowest BCUT2D eigenvalue weighted by atomic mass is 9.94. The number of likely N-dealkylation sites (tertiary alicyclic amines) is 1. The Morgan fingerprint density at radius 1 is 0.967 bits per heavy atom. The normalized spacial score (nSPS) is 15.7. The minimum atomic E-state index is -0.0162. The Balaban J connectivity index is 1.67. The maximum Gasteiger partial charge on any atom is 0.255 e. The number of carbonyl (C=O) groups excluding carboxylic acids is 2. The van der Waals surface area contributed by atoms with E-state index in [9.17, 15) is 9.59 Å². The number of carbonyl (C=O) groups is 2. The van der Waals surface area contributed by atoms with Crippen molar-refractivity contribution < 1.29 is 9.59 Å². The molecule has 0 saturated carbocycles. The summed E-state index contributed by atoms with van der Waals surface area (Å²) in [6, 6.07) is 17.9. The third-order valence-electron chi connectivity index (χ3n) is 6.16. The van der Waals surface area contributed by atoms with Crippen molar-refractivity contribution in [2.24, 2.45) is 11.8 Å². The molecule has 1 aliphatic heterocycles. The van der Waals surface area contributed by atoms with Gasteiger partial charge in [0.1, 0.15) is 0 Å². The lowest BCUT2D eigenvalue weighted by Gasteiger charge is -2.33. The van der Waals surface area contributed by atoms with E-state index in [2.05, 4.69) is 19.2 Å². The minimum Gasteiger partial charge on any atom is -0.353 e. The molecule has 1 unspecified atom stereocenters. The number of amides is 2. The molecule has 1 saturated heterocycles. The van der Waals surface area contributed by atoms with E-state index in [0.717, 1.165) is 11.4 Å². The fourth-order valence-electron chi connectivity index (χ4n) is 3.76. The Bertz CT molecular complexity index is 858. The van der Waals surface area contributed by atoms with Gasteiger partial charge in [0, 0.05) is 37.8 Å². The number of piperidine rings is 1. The number of hydrogen-bond acceptors (Lipinski definition) is 3. The largest absolute Gasteiger partial charge is 0.353 e. The van der Waals surface area contributed by atoms with Crippen molar-refractivity contribution in [2.45, 2.75) is 39.7 Å². The first kappa shape index (κ1) is 21.9. The van der Waals surface area contributed by atoms with Gasteiger partial charge < -0.3 is 15.1 Å². The van der Waals surface area contributed by atoms with Crippen LogP contribution in [0.15, 0.2) is 54.6 Å². The second-order valence-electron chi connectivity index (χ2n) is 8.52. The molecular formula is C25H33N3O2. The van der Waals surface area contributed by atoms with Crippen LogP contribution in [0, 0.1) is 11.8 Å². The molecule has 0 aliphatic carbocycles. The van der Waals surface area contributed by atoms with Crippen molar-refractivity contribution in [3.63, 3.8) is 0 Å². The van der Waals surface area contributed by atoms with Crippen molar-refractivity contribution in [1.29, 1.82) is 0 Å². The molecule has 1 fully saturated rings. The van der Waals surface area contributed by atoms with Crippen molar-refractivity contribution >= 4 is 23.2 Å². The summed E-state index contributed by atoms with van der Waals surface area (Å²) in [4.78, 5) is 29.8. The van der Waals surface area contributed by atoms with E-state index < -0.39 is 0 Å². The molecule has 0 aromatic heterocycles. The topological polar surface area (TPSA) is 52.7 Å². The van der Waals surface area contributed by atoms with Gasteiger partial charge in [-0.15, -0.1) is 0 Å². The third-order valence-corrected chi connectivity index (χ3v) is 6.16. The third kappa shape index (κ3) is 5.02. The summed E-state index contributed by atoms with van der Waals surface area (Å²) in [6.45, 7) is 7.47. The molecule has 5 nitrogen and oxygen atoms in total. The van der Waals surface area contributed by atoms with Crippen LogP contribution in [0.3, 0.4) is 0 Å². The maximum atomic E-state index is 13.3. The molecule has 30 heavy (non-hydrogen) atoms. The SMILES string of the molecule is CC(C)C(C)NC(=O)C1CCN(C(=O)c2ccccc2N(C)c2ccccc2)CC1. The van der Waals surface area contributed by atoms with Crippen molar-refractivity contribution in [3.05, 3.63) is 60.2 Å². The van der Waals surface area contributed by atoms with E-state index in [1.807, 2.05) is 78.4 Å². The average Bonchev–Trinajstić information content (AvgIpc) is 2.78. The average molecular weight is 408 g/mol. The molecule has 2 amide bonds. The zero-order chi connectivity index (χ0) is 21.7. The molecule has 3 rings (SSSR count). The van der Waals surface area contributed by atoms with Crippen LogP contribution in [0.2, 0.25) is 0 Å². The summed E-state index contributed by atoms with van der Waals surface area (Å²) in [5.41, 5.74) is 2.62. The lowest BCUT2D eigenvalue weighted by Crippen LogP contribution is -2.45. The Morgan fingerprint density at radius 2 is 1.57 bits per heavy atom. The second kappa shape index (κ2) is 9.79. The van der Waals surface area contributed by atoms with Crippen LogP contribution in [0.5, 0.6) is 0 Å². The lowest BCUT2D eigenvalue weighted by molar-refractivity contribution is -0.127. The summed E-state index contributed by atoms with van der Waals surface area (Å²) in [5, 5.41) is 3.12. The standard InChI is InChI=1S/C25H33N3O2/c1-18(2)19(3)26-24(29)20-14-16-28(17-15-20)25(30)22-12-8-9-13-23(22)27(4)21-10-6-5-7-11-21/h5-13,18-20H,14-17H2,1-4H3,(H,26,29). The monoisotopic (exact) mass is 407 g/mol. The highest BCUT2D eigenvalue weighted by Crippen LogP contribution is 2.29. The van der Waals surface area contributed by atoms with Gasteiger partial charge in [-0.1, -0.05) is 44.2 Å². The fourth-order valence-corrected chi connectivity index (χ4v) is 3.76. The van der Waals surface area contributed by atoms with E-state index in [0.29, 0.717) is 37.4 Å². The number of anilines is 2. The van der Waals surface area contributed by atoms with Crippen LogP contribution < -0.4 is 10.2 Å². The van der Waals surface area contributed by atoms with E-state index in [-0.39, 0.29) is 23.8 Å². The molecule has 1 aliphatic rings. The number of hydrogen-bond donors (Lipinski definition) is 1. The van der Waals surface area contributed by atoms with Gasteiger partial charge in [0.25, 0.3) is 5.91 Å². The molecule has 1 N–H and O–H groups in total. The fraction of sp³-hybridized carbons (Fsp3) is 0.440. The number of nitrogens with zero attached hydrogens (tertiary/aromatic N) is 2. The predicted octanol–water partition coefficient (Wildman–Crippen LogP) is 4.47. The molecular weight excluding hydrogens is 374 g/mol. The van der Waals surface area contributed by atoms with Gasteiger partial charge in [-0.3, -0.25) is 9.59 Å². The first-order chi connectivity index (χ1) is 14.4. The number of para-hydroxylation sites is 2. The van der Waals surface area contributed by atoms with E-state index in [4.69, 9.17) is 0 Å². The molecule has 5 heteroatoms. The summed E-state index contributed by atoms with van der Waals surface area (Å²) in [5.74, 6) is 0.543. The molecule has 0 radical (unpaired) electrons. The van der Waals surface area contributed by atoms with Gasteiger partial charge >= 0.3 is 0 Å². The molecule has 1 heterocycles. The molecule has 2 aromatic rings. The van der Waals surface area contributed by atoms with E-state index >= 15 is 0 Å². The van der Waals surface area contributed by atoms with Crippen molar-refractivity contribution in [3.8, 4) is 0 Å². The predicted molar refractivity (Wildman–Crippen MR) is 122 cm³/mol. The molecule has 2 aromatic carbocycles. The van der Waals surface area contributed by atoms with Gasteiger partial charge in [-0.25, -0.2) is 0 Å². The summed E-state index contributed by atoms with van der Waals surface area (Å²) in [7, 11) is 1.98. The Labute approximate surface area is 180 Å². The zero-order valence-electron chi connectivity index (χ0n) is 18.5. The highest BCUT2D eigenvalue weighted by Gasteiger charge is 2.29. The Kier molecular flexibility index (Phi) is 7.14. The zero-order valence-corrected chi connectivity index (χ0v) is 18.5. The van der Waals surface area contributed by atoms with Gasteiger partial charge in [-0.05, 0) is 49.9 Å².